The lowest BCUT2D eigenvalue weighted by atomic mass is 10.1. The molecule has 0 fully saturated rings. The first-order valence-electron chi connectivity index (χ1n) is 5.65. The highest BCUT2D eigenvalue weighted by molar-refractivity contribution is 5.95. The van der Waals surface area contributed by atoms with Crippen molar-refractivity contribution in [2.24, 2.45) is 0 Å². The monoisotopic (exact) mass is 277 g/mol. The van der Waals surface area contributed by atoms with Crippen LogP contribution in [0, 0.1) is 17.0 Å². The van der Waals surface area contributed by atoms with Gasteiger partial charge in [0.05, 0.1) is 22.7 Å². The predicted octanol–water partition coefficient (Wildman–Crippen LogP) is 2.20. The number of hydrogen-bond acceptors (Lipinski definition) is 6. The van der Waals surface area contributed by atoms with Gasteiger partial charge < -0.3 is 14.9 Å². The van der Waals surface area contributed by atoms with E-state index in [0.717, 1.165) is 6.07 Å². The Morgan fingerprint density at radius 3 is 2.80 bits per heavy atom. The number of benzene rings is 1. The van der Waals surface area contributed by atoms with Gasteiger partial charge in [-0.2, -0.15) is 0 Å². The molecule has 2 rings (SSSR count). The Balaban J connectivity index is 2.22. The molecule has 1 aromatic heterocycles. The Labute approximate surface area is 113 Å². The third-order valence-corrected chi connectivity index (χ3v) is 2.57. The van der Waals surface area contributed by atoms with Crippen LogP contribution in [0.5, 0.6) is 0 Å². The van der Waals surface area contributed by atoms with E-state index >= 15 is 0 Å². The summed E-state index contributed by atoms with van der Waals surface area (Å²) < 4.78 is 4.98. The molecular formula is C12H11N3O5. The second-order valence-corrected chi connectivity index (χ2v) is 4.08. The van der Waals surface area contributed by atoms with Crippen LogP contribution < -0.4 is 5.32 Å². The van der Waals surface area contributed by atoms with Crippen molar-refractivity contribution >= 4 is 17.3 Å². The average molecular weight is 277 g/mol. The van der Waals surface area contributed by atoms with Crippen LogP contribution in [0.4, 0.5) is 11.4 Å². The van der Waals surface area contributed by atoms with Crippen LogP contribution in [0.1, 0.15) is 21.8 Å². The number of anilines is 1. The van der Waals surface area contributed by atoms with E-state index in [1.165, 1.54) is 12.1 Å². The highest BCUT2D eigenvalue weighted by atomic mass is 16.6. The minimum atomic E-state index is -1.25. The molecule has 8 heteroatoms. The third-order valence-electron chi connectivity index (χ3n) is 2.57. The van der Waals surface area contributed by atoms with E-state index < -0.39 is 10.9 Å². The maximum absolute atomic E-state index is 11.1. The number of nitrogens with zero attached hydrogens (tertiary/aromatic N) is 2. The number of nitro benzene ring substituents is 1. The largest absolute Gasteiger partial charge is 0.478 e. The fourth-order valence-corrected chi connectivity index (χ4v) is 1.66. The molecular weight excluding hydrogens is 266 g/mol. The fourth-order valence-electron chi connectivity index (χ4n) is 1.66. The minimum Gasteiger partial charge on any atom is -0.478 e. The minimum absolute atomic E-state index is 0.171. The van der Waals surface area contributed by atoms with Gasteiger partial charge in [0.15, 0.2) is 5.76 Å². The number of aromatic carboxylic acids is 1. The van der Waals surface area contributed by atoms with E-state index in [4.69, 9.17) is 9.63 Å². The lowest BCUT2D eigenvalue weighted by molar-refractivity contribution is -0.384. The van der Waals surface area contributed by atoms with Gasteiger partial charge >= 0.3 is 5.97 Å². The Kier molecular flexibility index (Phi) is 3.65. The smallest absolute Gasteiger partial charge is 0.338 e. The summed E-state index contributed by atoms with van der Waals surface area (Å²) in [6, 6.07) is 5.31. The van der Waals surface area contributed by atoms with Crippen LogP contribution in [-0.4, -0.2) is 21.2 Å². The zero-order chi connectivity index (χ0) is 14.7. The fraction of sp³-hybridized carbons (Fsp3) is 0.167. The highest BCUT2D eigenvalue weighted by Gasteiger charge is 2.16. The summed E-state index contributed by atoms with van der Waals surface area (Å²) in [5.74, 6) is -0.706. The van der Waals surface area contributed by atoms with Crippen molar-refractivity contribution in [1.29, 1.82) is 0 Å². The summed E-state index contributed by atoms with van der Waals surface area (Å²) in [7, 11) is 0. The van der Waals surface area contributed by atoms with E-state index in [2.05, 4.69) is 10.5 Å². The van der Waals surface area contributed by atoms with Gasteiger partial charge in [-0.15, -0.1) is 0 Å². The number of rotatable bonds is 5. The zero-order valence-electron chi connectivity index (χ0n) is 10.5. The second-order valence-electron chi connectivity index (χ2n) is 4.08. The van der Waals surface area contributed by atoms with Crippen LogP contribution in [0.15, 0.2) is 28.8 Å². The van der Waals surface area contributed by atoms with Gasteiger partial charge in [0.25, 0.3) is 5.69 Å². The molecule has 0 spiro atoms. The molecule has 0 saturated heterocycles. The van der Waals surface area contributed by atoms with Gasteiger partial charge in [0.1, 0.15) is 0 Å². The molecule has 20 heavy (non-hydrogen) atoms. The normalized spacial score (nSPS) is 10.2. The summed E-state index contributed by atoms with van der Waals surface area (Å²) in [4.78, 5) is 21.1. The molecule has 0 saturated carbocycles. The van der Waals surface area contributed by atoms with Crippen LogP contribution in [-0.2, 0) is 6.54 Å². The Morgan fingerprint density at radius 2 is 2.25 bits per heavy atom. The first-order valence-corrected chi connectivity index (χ1v) is 5.65. The molecule has 0 aliphatic carbocycles. The molecule has 0 aliphatic rings. The maximum atomic E-state index is 11.1. The van der Waals surface area contributed by atoms with Crippen molar-refractivity contribution < 1.29 is 19.3 Å². The Morgan fingerprint density at radius 1 is 1.50 bits per heavy atom. The number of hydrogen-bond donors (Lipinski definition) is 2. The molecule has 0 unspecified atom stereocenters. The molecule has 2 aromatic rings. The standard InChI is InChI=1S/C12H11N3O5/c1-7-4-9(20-14-7)6-13-11-3-2-8(15(18)19)5-10(11)12(16)17/h2-5,13H,6H2,1H3,(H,16,17). The van der Waals surface area contributed by atoms with Crippen molar-refractivity contribution in [2.75, 3.05) is 5.32 Å². The molecule has 1 aromatic carbocycles. The third kappa shape index (κ3) is 2.91. The average Bonchev–Trinajstić information content (AvgIpc) is 2.81. The number of nitrogens with one attached hydrogen (secondary N) is 1. The first kappa shape index (κ1) is 13.5. The number of non-ortho nitro benzene ring substituents is 1. The van der Waals surface area contributed by atoms with E-state index in [9.17, 15) is 14.9 Å². The van der Waals surface area contributed by atoms with Crippen LogP contribution in [0.25, 0.3) is 0 Å². The Hall–Kier alpha value is -2.90. The number of nitro groups is 1. The zero-order valence-corrected chi connectivity index (χ0v) is 10.5. The molecule has 1 heterocycles. The topological polar surface area (TPSA) is 119 Å². The lowest BCUT2D eigenvalue weighted by Gasteiger charge is -2.07. The number of aryl methyl sites for hydroxylation is 1. The van der Waals surface area contributed by atoms with Gasteiger partial charge in [-0.1, -0.05) is 5.16 Å². The van der Waals surface area contributed by atoms with Crippen molar-refractivity contribution in [2.45, 2.75) is 13.5 Å². The molecule has 2 N–H and O–H groups in total. The summed E-state index contributed by atoms with van der Waals surface area (Å²) >= 11 is 0. The number of carbonyl (C=O) groups is 1. The summed E-state index contributed by atoms with van der Waals surface area (Å²) in [5, 5.41) is 26.3. The number of carboxylic acids is 1. The maximum Gasteiger partial charge on any atom is 0.338 e. The quantitative estimate of drug-likeness (QED) is 0.635. The summed E-state index contributed by atoms with van der Waals surface area (Å²) in [6.45, 7) is 2.00. The van der Waals surface area contributed by atoms with E-state index in [1.54, 1.807) is 13.0 Å². The molecule has 0 atom stereocenters. The van der Waals surface area contributed by atoms with Crippen LogP contribution in [0.2, 0.25) is 0 Å². The molecule has 0 bridgehead atoms. The van der Waals surface area contributed by atoms with Gasteiger partial charge in [-0.25, -0.2) is 4.79 Å². The number of carboxylic acid groups (broad SMARTS) is 1. The molecule has 0 amide bonds. The van der Waals surface area contributed by atoms with E-state index in [0.29, 0.717) is 11.5 Å². The van der Waals surface area contributed by atoms with Crippen LogP contribution in [0.3, 0.4) is 0 Å². The van der Waals surface area contributed by atoms with Gasteiger partial charge in [0, 0.05) is 23.9 Å². The first-order chi connectivity index (χ1) is 9.47. The van der Waals surface area contributed by atoms with Crippen molar-refractivity contribution in [3.8, 4) is 0 Å². The summed E-state index contributed by atoms with van der Waals surface area (Å²) in [6.07, 6.45) is 0. The lowest BCUT2D eigenvalue weighted by Crippen LogP contribution is -2.06. The van der Waals surface area contributed by atoms with Gasteiger partial charge in [-0.05, 0) is 13.0 Å². The van der Waals surface area contributed by atoms with Crippen molar-refractivity contribution in [1.82, 2.24) is 5.16 Å². The van der Waals surface area contributed by atoms with Gasteiger partial charge in [-0.3, -0.25) is 10.1 Å². The SMILES string of the molecule is Cc1cc(CNc2ccc([N+](=O)[O-])cc2C(=O)O)on1. The number of aromatic nitrogens is 1. The van der Waals surface area contributed by atoms with Crippen molar-refractivity contribution in [3.63, 3.8) is 0 Å². The predicted molar refractivity (Wildman–Crippen MR) is 68.6 cm³/mol. The second kappa shape index (κ2) is 5.39. The van der Waals surface area contributed by atoms with Crippen LogP contribution >= 0.6 is 0 Å². The Bertz CT molecular complexity index is 665. The molecule has 8 nitrogen and oxygen atoms in total. The summed E-state index contributed by atoms with van der Waals surface area (Å²) in [5.41, 5.74) is 0.542. The molecule has 104 valence electrons. The van der Waals surface area contributed by atoms with Gasteiger partial charge in [0.2, 0.25) is 0 Å². The molecule has 0 aliphatic heterocycles. The van der Waals surface area contributed by atoms with E-state index in [-0.39, 0.29) is 23.5 Å². The molecule has 0 radical (unpaired) electrons. The van der Waals surface area contributed by atoms with Crippen molar-refractivity contribution in [3.05, 3.63) is 51.4 Å². The highest BCUT2D eigenvalue weighted by Crippen LogP contribution is 2.22. The van der Waals surface area contributed by atoms with E-state index in [1.807, 2.05) is 0 Å².